The Morgan fingerprint density at radius 1 is 1.45 bits per heavy atom. The van der Waals surface area contributed by atoms with Crippen molar-refractivity contribution in [2.24, 2.45) is 0 Å². The normalized spacial score (nSPS) is 13.5. The third-order valence-electron chi connectivity index (χ3n) is 1.98. The lowest BCUT2D eigenvalue weighted by atomic mass is 10.1. The Bertz CT molecular complexity index is 240. The fraction of sp³-hybridized carbons (Fsp3) is 0.556. The summed E-state index contributed by atoms with van der Waals surface area (Å²) in [5.74, 6) is 0. The van der Waals surface area contributed by atoms with Crippen molar-refractivity contribution in [3.8, 4) is 0 Å². The van der Waals surface area contributed by atoms with E-state index in [0.717, 1.165) is 0 Å². The van der Waals surface area contributed by atoms with Gasteiger partial charge in [-0.05, 0) is 39.4 Å². The molecule has 1 N–H and O–H groups in total. The van der Waals surface area contributed by atoms with Gasteiger partial charge in [0, 0.05) is 15.8 Å². The lowest BCUT2D eigenvalue weighted by Gasteiger charge is -2.08. The molecule has 0 aliphatic heterocycles. The fourth-order valence-electron chi connectivity index (χ4n) is 1.24. The minimum atomic E-state index is 0.486. The van der Waals surface area contributed by atoms with Gasteiger partial charge in [0.05, 0.1) is 0 Å². The van der Waals surface area contributed by atoms with Crippen molar-refractivity contribution in [3.63, 3.8) is 0 Å². The molecule has 1 unspecified atom stereocenters. The molecule has 0 fully saturated rings. The van der Waals surface area contributed by atoms with E-state index in [2.05, 4.69) is 32.2 Å². The zero-order valence-corrected chi connectivity index (χ0v) is 8.38. The number of thiophene rings is 1. The van der Waals surface area contributed by atoms with Gasteiger partial charge in [-0.25, -0.2) is 0 Å². The van der Waals surface area contributed by atoms with Crippen LogP contribution in [0.4, 0.5) is 0 Å². The van der Waals surface area contributed by atoms with Crippen LogP contribution in [0, 0.1) is 13.8 Å². The summed E-state index contributed by atoms with van der Waals surface area (Å²) in [6.07, 6.45) is 0. The van der Waals surface area contributed by atoms with Crippen LogP contribution in [0.1, 0.15) is 28.3 Å². The van der Waals surface area contributed by atoms with Gasteiger partial charge in [-0.1, -0.05) is 0 Å². The molecule has 0 aliphatic rings. The summed E-state index contributed by atoms with van der Waals surface area (Å²) in [4.78, 5) is 2.84. The second-order valence-electron chi connectivity index (χ2n) is 2.88. The van der Waals surface area contributed by atoms with Gasteiger partial charge in [0.2, 0.25) is 0 Å². The van der Waals surface area contributed by atoms with Crippen molar-refractivity contribution < 1.29 is 0 Å². The second kappa shape index (κ2) is 3.37. The fourth-order valence-corrected chi connectivity index (χ4v) is 2.26. The molecule has 0 saturated heterocycles. The smallest absolute Gasteiger partial charge is 0.0300 e. The van der Waals surface area contributed by atoms with Crippen molar-refractivity contribution >= 4 is 11.3 Å². The predicted molar refractivity (Wildman–Crippen MR) is 51.3 cm³/mol. The van der Waals surface area contributed by atoms with E-state index >= 15 is 0 Å². The Morgan fingerprint density at radius 2 is 2.09 bits per heavy atom. The van der Waals surface area contributed by atoms with Crippen LogP contribution < -0.4 is 5.32 Å². The highest BCUT2D eigenvalue weighted by Crippen LogP contribution is 2.25. The van der Waals surface area contributed by atoms with Gasteiger partial charge >= 0.3 is 0 Å². The molecular formula is C9H15NS. The minimum absolute atomic E-state index is 0.486. The monoisotopic (exact) mass is 169 g/mol. The van der Waals surface area contributed by atoms with Gasteiger partial charge in [-0.2, -0.15) is 0 Å². The van der Waals surface area contributed by atoms with Crippen LogP contribution in [0.15, 0.2) is 6.07 Å². The lowest BCUT2D eigenvalue weighted by molar-refractivity contribution is 0.651. The van der Waals surface area contributed by atoms with Gasteiger partial charge in [-0.3, -0.25) is 0 Å². The minimum Gasteiger partial charge on any atom is -0.313 e. The molecule has 11 heavy (non-hydrogen) atoms. The van der Waals surface area contributed by atoms with Gasteiger partial charge in [0.1, 0.15) is 0 Å². The molecule has 0 amide bonds. The molecule has 0 aliphatic carbocycles. The van der Waals surface area contributed by atoms with E-state index in [1.165, 1.54) is 15.3 Å². The second-order valence-corrected chi connectivity index (χ2v) is 4.34. The zero-order chi connectivity index (χ0) is 8.43. The number of hydrogen-bond donors (Lipinski definition) is 1. The SMILES string of the molecule is CNC(C)c1cc(C)sc1C. The molecule has 62 valence electrons. The summed E-state index contributed by atoms with van der Waals surface area (Å²) in [7, 11) is 2.00. The quantitative estimate of drug-likeness (QED) is 0.717. The first-order valence-corrected chi connectivity index (χ1v) is 4.71. The van der Waals surface area contributed by atoms with Crippen LogP contribution in [0.25, 0.3) is 0 Å². The maximum Gasteiger partial charge on any atom is 0.0300 e. The molecule has 2 heteroatoms. The molecular weight excluding hydrogens is 154 g/mol. The highest BCUT2D eigenvalue weighted by Gasteiger charge is 2.07. The average molecular weight is 169 g/mol. The first-order valence-electron chi connectivity index (χ1n) is 3.89. The van der Waals surface area contributed by atoms with Crippen LogP contribution in [0.5, 0.6) is 0 Å². The molecule has 1 heterocycles. The topological polar surface area (TPSA) is 12.0 Å². The van der Waals surface area contributed by atoms with Crippen molar-refractivity contribution in [2.45, 2.75) is 26.8 Å². The van der Waals surface area contributed by atoms with Gasteiger partial charge in [0.15, 0.2) is 0 Å². The summed E-state index contributed by atoms with van der Waals surface area (Å²) in [6, 6.07) is 2.75. The van der Waals surface area contributed by atoms with Crippen LogP contribution in [-0.2, 0) is 0 Å². The van der Waals surface area contributed by atoms with E-state index in [4.69, 9.17) is 0 Å². The van der Waals surface area contributed by atoms with E-state index in [-0.39, 0.29) is 0 Å². The number of rotatable bonds is 2. The summed E-state index contributed by atoms with van der Waals surface area (Å²) >= 11 is 1.87. The first-order chi connectivity index (χ1) is 5.15. The maximum atomic E-state index is 3.24. The summed E-state index contributed by atoms with van der Waals surface area (Å²) < 4.78 is 0. The summed E-state index contributed by atoms with van der Waals surface area (Å²) in [6.45, 7) is 6.53. The molecule has 0 bridgehead atoms. The Balaban J connectivity index is 2.93. The molecule has 1 aromatic rings. The summed E-state index contributed by atoms with van der Waals surface area (Å²) in [5.41, 5.74) is 1.44. The molecule has 0 radical (unpaired) electrons. The zero-order valence-electron chi connectivity index (χ0n) is 7.56. The lowest BCUT2D eigenvalue weighted by Crippen LogP contribution is -2.12. The highest BCUT2D eigenvalue weighted by atomic mass is 32.1. The Kier molecular flexibility index (Phi) is 2.68. The number of nitrogens with one attached hydrogen (secondary N) is 1. The average Bonchev–Trinajstić information content (AvgIpc) is 2.28. The largest absolute Gasteiger partial charge is 0.313 e. The highest BCUT2D eigenvalue weighted by molar-refractivity contribution is 7.12. The Labute approximate surface area is 72.4 Å². The van der Waals surface area contributed by atoms with Gasteiger partial charge in [0.25, 0.3) is 0 Å². The van der Waals surface area contributed by atoms with Crippen LogP contribution in [-0.4, -0.2) is 7.05 Å². The van der Waals surface area contributed by atoms with E-state index in [1.54, 1.807) is 0 Å². The molecule has 1 atom stereocenters. The molecule has 1 aromatic heterocycles. The molecule has 0 saturated carbocycles. The number of aryl methyl sites for hydroxylation is 2. The molecule has 0 spiro atoms. The van der Waals surface area contributed by atoms with Crippen molar-refractivity contribution in [1.82, 2.24) is 5.32 Å². The van der Waals surface area contributed by atoms with E-state index in [1.807, 2.05) is 18.4 Å². The number of hydrogen-bond acceptors (Lipinski definition) is 2. The van der Waals surface area contributed by atoms with E-state index < -0.39 is 0 Å². The van der Waals surface area contributed by atoms with Crippen molar-refractivity contribution in [3.05, 3.63) is 21.4 Å². The third kappa shape index (κ3) is 1.82. The van der Waals surface area contributed by atoms with E-state index in [9.17, 15) is 0 Å². The van der Waals surface area contributed by atoms with Crippen molar-refractivity contribution in [1.29, 1.82) is 0 Å². The van der Waals surface area contributed by atoms with Crippen LogP contribution in [0.3, 0.4) is 0 Å². The maximum absolute atomic E-state index is 3.24. The van der Waals surface area contributed by atoms with Gasteiger partial charge < -0.3 is 5.32 Å². The Morgan fingerprint density at radius 3 is 2.45 bits per heavy atom. The standard InChI is InChI=1S/C9H15NS/c1-6-5-9(7(2)10-4)8(3)11-6/h5,7,10H,1-4H3. The Hall–Kier alpha value is -0.340. The molecule has 1 nitrogen and oxygen atoms in total. The molecule has 1 rings (SSSR count). The molecule has 0 aromatic carbocycles. The van der Waals surface area contributed by atoms with Crippen molar-refractivity contribution in [2.75, 3.05) is 7.05 Å². The van der Waals surface area contributed by atoms with Crippen LogP contribution >= 0.6 is 11.3 Å². The first kappa shape index (κ1) is 8.75. The van der Waals surface area contributed by atoms with Crippen LogP contribution in [0.2, 0.25) is 0 Å². The predicted octanol–water partition coefficient (Wildman–Crippen LogP) is 2.65. The summed E-state index contributed by atoms with van der Waals surface area (Å²) in [5, 5.41) is 3.24. The van der Waals surface area contributed by atoms with Gasteiger partial charge in [-0.15, -0.1) is 11.3 Å². The third-order valence-corrected chi connectivity index (χ3v) is 2.96. The van der Waals surface area contributed by atoms with E-state index in [0.29, 0.717) is 6.04 Å².